The van der Waals surface area contributed by atoms with E-state index in [0.717, 1.165) is 5.69 Å². The van der Waals surface area contributed by atoms with Crippen molar-refractivity contribution in [3.63, 3.8) is 0 Å². The fourth-order valence-electron chi connectivity index (χ4n) is 0.398. The van der Waals surface area contributed by atoms with Crippen LogP contribution in [0.4, 0.5) is 0 Å². The zero-order chi connectivity index (χ0) is 6.53. The van der Waals surface area contributed by atoms with Gasteiger partial charge in [-0.1, -0.05) is 5.92 Å². The zero-order valence-corrected chi connectivity index (χ0v) is 6.17. The number of hydrogen-bond acceptors (Lipinski definition) is 2. The van der Waals surface area contributed by atoms with Gasteiger partial charge in [-0.25, -0.2) is 4.98 Å². The molecule has 1 rings (SSSR count). The molecule has 0 aromatic carbocycles. The monoisotopic (exact) mass is 157 g/mol. The minimum Gasteiger partial charge on any atom is -0.236 e. The van der Waals surface area contributed by atoms with Gasteiger partial charge in [0.25, 0.3) is 0 Å². The maximum absolute atomic E-state index is 5.32. The molecule has 0 spiro atoms. The lowest BCUT2D eigenvalue weighted by Crippen LogP contribution is -1.69. The minimum atomic E-state index is 0.373. The molecule has 0 saturated heterocycles. The van der Waals surface area contributed by atoms with Crippen molar-refractivity contribution in [2.24, 2.45) is 0 Å². The first-order valence-electron chi connectivity index (χ1n) is 2.36. The van der Waals surface area contributed by atoms with E-state index in [1.807, 2.05) is 5.38 Å². The van der Waals surface area contributed by atoms with Gasteiger partial charge in [0.2, 0.25) is 0 Å². The average molecular weight is 158 g/mol. The van der Waals surface area contributed by atoms with Crippen molar-refractivity contribution in [1.82, 2.24) is 4.98 Å². The number of halogens is 1. The van der Waals surface area contributed by atoms with E-state index in [-0.39, 0.29) is 0 Å². The number of hydrogen-bond donors (Lipinski definition) is 0. The van der Waals surface area contributed by atoms with Gasteiger partial charge in [0.1, 0.15) is 5.69 Å². The second-order valence-corrected chi connectivity index (χ2v) is 2.30. The molecule has 0 aliphatic carbocycles. The van der Waals surface area contributed by atoms with Crippen molar-refractivity contribution < 1.29 is 0 Å². The summed E-state index contributed by atoms with van der Waals surface area (Å²) in [5, 5.41) is 1.89. The Hall–Kier alpha value is -0.520. The Balaban J connectivity index is 2.67. The van der Waals surface area contributed by atoms with Crippen LogP contribution in [0.5, 0.6) is 0 Å². The third-order valence-corrected chi connectivity index (χ3v) is 1.44. The van der Waals surface area contributed by atoms with Gasteiger partial charge in [-0.05, 0) is 5.92 Å². The summed E-state index contributed by atoms with van der Waals surface area (Å²) in [4.78, 5) is 3.94. The van der Waals surface area contributed by atoms with Gasteiger partial charge in [0.15, 0.2) is 0 Å². The van der Waals surface area contributed by atoms with Crippen molar-refractivity contribution in [3.05, 3.63) is 16.6 Å². The maximum atomic E-state index is 5.32. The highest BCUT2D eigenvalue weighted by Crippen LogP contribution is 1.97. The van der Waals surface area contributed by atoms with Gasteiger partial charge in [-0.2, -0.15) is 0 Å². The van der Waals surface area contributed by atoms with Crippen LogP contribution in [-0.4, -0.2) is 10.9 Å². The molecule has 1 aromatic rings. The Morgan fingerprint density at radius 3 is 3.22 bits per heavy atom. The minimum absolute atomic E-state index is 0.373. The molecule has 0 bridgehead atoms. The third-order valence-electron chi connectivity index (χ3n) is 0.716. The van der Waals surface area contributed by atoms with E-state index in [1.165, 1.54) is 11.3 Å². The summed E-state index contributed by atoms with van der Waals surface area (Å²) in [6, 6.07) is 0. The van der Waals surface area contributed by atoms with E-state index in [2.05, 4.69) is 16.8 Å². The van der Waals surface area contributed by atoms with Crippen molar-refractivity contribution in [3.8, 4) is 11.8 Å². The van der Waals surface area contributed by atoms with Crippen LogP contribution in [0.2, 0.25) is 0 Å². The lowest BCUT2D eigenvalue weighted by molar-refractivity contribution is 1.37. The molecule has 1 nitrogen and oxygen atoms in total. The molecule has 46 valence electrons. The standard InChI is InChI=1S/C6H4ClNS/c7-3-1-2-6-4-9-5-8-6/h4-5H,3H2. The predicted molar refractivity (Wildman–Crippen MR) is 39.7 cm³/mol. The molecule has 0 amide bonds. The van der Waals surface area contributed by atoms with Crippen molar-refractivity contribution >= 4 is 22.9 Å². The van der Waals surface area contributed by atoms with E-state index in [0.29, 0.717) is 5.88 Å². The lowest BCUT2D eigenvalue weighted by Gasteiger charge is -1.70. The number of nitrogens with zero attached hydrogens (tertiary/aromatic N) is 1. The Kier molecular flexibility index (Phi) is 2.56. The molecule has 0 radical (unpaired) electrons. The highest BCUT2D eigenvalue weighted by atomic mass is 35.5. The van der Waals surface area contributed by atoms with Crippen LogP contribution in [0.1, 0.15) is 5.69 Å². The van der Waals surface area contributed by atoms with Crippen molar-refractivity contribution in [2.45, 2.75) is 0 Å². The average Bonchev–Trinajstić information content (AvgIpc) is 2.34. The first-order valence-corrected chi connectivity index (χ1v) is 3.84. The van der Waals surface area contributed by atoms with Gasteiger partial charge >= 0.3 is 0 Å². The molecule has 1 heterocycles. The summed E-state index contributed by atoms with van der Waals surface area (Å²) in [7, 11) is 0. The molecule has 0 N–H and O–H groups in total. The van der Waals surface area contributed by atoms with Crippen LogP contribution in [0, 0.1) is 11.8 Å². The topological polar surface area (TPSA) is 12.9 Å². The van der Waals surface area contributed by atoms with Gasteiger partial charge in [0.05, 0.1) is 11.4 Å². The molecule has 3 heteroatoms. The molecular weight excluding hydrogens is 154 g/mol. The van der Waals surface area contributed by atoms with E-state index in [9.17, 15) is 0 Å². The molecule has 1 aromatic heterocycles. The van der Waals surface area contributed by atoms with Crippen LogP contribution in [-0.2, 0) is 0 Å². The predicted octanol–water partition coefficient (Wildman–Crippen LogP) is 1.73. The molecule has 0 atom stereocenters. The number of alkyl halides is 1. The van der Waals surface area contributed by atoms with Crippen LogP contribution in [0.15, 0.2) is 10.9 Å². The summed E-state index contributed by atoms with van der Waals surface area (Å²) < 4.78 is 0. The van der Waals surface area contributed by atoms with Gasteiger partial charge in [-0.3, -0.25) is 0 Å². The zero-order valence-electron chi connectivity index (χ0n) is 4.60. The second kappa shape index (κ2) is 3.49. The van der Waals surface area contributed by atoms with Crippen molar-refractivity contribution in [2.75, 3.05) is 5.88 Å². The lowest BCUT2D eigenvalue weighted by atomic mass is 10.5. The summed E-state index contributed by atoms with van der Waals surface area (Å²) in [5.74, 6) is 5.87. The van der Waals surface area contributed by atoms with Gasteiger partial charge in [0, 0.05) is 5.38 Å². The molecule has 9 heavy (non-hydrogen) atoms. The van der Waals surface area contributed by atoms with Crippen LogP contribution < -0.4 is 0 Å². The Bertz CT molecular complexity index is 219. The maximum Gasteiger partial charge on any atom is 0.124 e. The number of aromatic nitrogens is 1. The Labute approximate surface area is 62.7 Å². The fraction of sp³-hybridized carbons (Fsp3) is 0.167. The van der Waals surface area contributed by atoms with Crippen molar-refractivity contribution in [1.29, 1.82) is 0 Å². The SMILES string of the molecule is ClCC#Cc1cscn1. The highest BCUT2D eigenvalue weighted by molar-refractivity contribution is 7.07. The third kappa shape index (κ3) is 2.05. The highest BCUT2D eigenvalue weighted by Gasteiger charge is 1.82. The molecule has 0 aliphatic rings. The summed E-state index contributed by atoms with van der Waals surface area (Å²) in [6.07, 6.45) is 0. The molecule has 0 aliphatic heterocycles. The van der Waals surface area contributed by atoms with Gasteiger partial charge in [-0.15, -0.1) is 22.9 Å². The van der Waals surface area contributed by atoms with E-state index in [1.54, 1.807) is 5.51 Å². The summed E-state index contributed by atoms with van der Waals surface area (Å²) in [5.41, 5.74) is 2.55. The molecule has 0 saturated carbocycles. The van der Waals surface area contributed by atoms with Crippen LogP contribution in [0.25, 0.3) is 0 Å². The van der Waals surface area contributed by atoms with Gasteiger partial charge < -0.3 is 0 Å². The Morgan fingerprint density at radius 1 is 1.78 bits per heavy atom. The second-order valence-electron chi connectivity index (χ2n) is 1.31. The van der Waals surface area contributed by atoms with Crippen LogP contribution in [0.3, 0.4) is 0 Å². The number of rotatable bonds is 0. The molecular formula is C6H4ClNS. The largest absolute Gasteiger partial charge is 0.236 e. The number of thiazole rings is 1. The first-order chi connectivity index (χ1) is 4.43. The summed E-state index contributed by atoms with van der Waals surface area (Å²) in [6.45, 7) is 0. The molecule has 0 fully saturated rings. The molecule has 0 unspecified atom stereocenters. The summed E-state index contributed by atoms with van der Waals surface area (Å²) >= 11 is 6.85. The first kappa shape index (κ1) is 6.60. The normalized spacial score (nSPS) is 8.11. The van der Waals surface area contributed by atoms with E-state index in [4.69, 9.17) is 11.6 Å². The Morgan fingerprint density at radius 2 is 2.67 bits per heavy atom. The fourth-order valence-corrected chi connectivity index (χ4v) is 0.949. The van der Waals surface area contributed by atoms with E-state index >= 15 is 0 Å². The quantitative estimate of drug-likeness (QED) is 0.413. The van der Waals surface area contributed by atoms with Crippen LogP contribution >= 0.6 is 22.9 Å². The smallest absolute Gasteiger partial charge is 0.124 e. The van der Waals surface area contributed by atoms with E-state index < -0.39 is 0 Å².